The Morgan fingerprint density at radius 2 is 1.77 bits per heavy atom. The fraction of sp³-hybridized carbons (Fsp3) is 0.0667. The maximum atomic E-state index is 13.5. The molecule has 0 aliphatic rings. The molecule has 0 spiro atoms. The summed E-state index contributed by atoms with van der Waals surface area (Å²) in [7, 11) is 1.30. The molecular weight excluding hydrogens is 310 g/mol. The lowest BCUT2D eigenvalue weighted by molar-refractivity contribution is 0.0601. The highest BCUT2D eigenvalue weighted by atomic mass is 32.1. The van der Waals surface area contributed by atoms with Crippen molar-refractivity contribution < 1.29 is 18.3 Å². The second-order valence-corrected chi connectivity index (χ2v) is 4.68. The van der Waals surface area contributed by atoms with E-state index in [2.05, 4.69) is 15.4 Å². The van der Waals surface area contributed by atoms with E-state index in [4.69, 9.17) is 12.2 Å². The molecular formula is C15H12F2N2O2S. The Labute approximate surface area is 131 Å². The lowest BCUT2D eigenvalue weighted by Crippen LogP contribution is -2.19. The highest BCUT2D eigenvalue weighted by Crippen LogP contribution is 2.16. The molecule has 114 valence electrons. The number of carbonyl (C=O) groups excluding carboxylic acids is 1. The van der Waals surface area contributed by atoms with E-state index in [1.807, 2.05) is 0 Å². The number of ether oxygens (including phenoxy) is 1. The van der Waals surface area contributed by atoms with Gasteiger partial charge in [0.2, 0.25) is 0 Å². The van der Waals surface area contributed by atoms with Crippen LogP contribution in [-0.4, -0.2) is 18.2 Å². The van der Waals surface area contributed by atoms with Crippen molar-refractivity contribution in [2.45, 2.75) is 0 Å². The first kappa shape index (κ1) is 15.8. The monoisotopic (exact) mass is 322 g/mol. The average Bonchev–Trinajstić information content (AvgIpc) is 2.50. The number of hydrogen-bond donors (Lipinski definition) is 2. The van der Waals surface area contributed by atoms with Crippen LogP contribution in [0.4, 0.5) is 20.2 Å². The van der Waals surface area contributed by atoms with Crippen molar-refractivity contribution in [3.05, 3.63) is 59.7 Å². The SMILES string of the molecule is COC(=O)c1ccc(NC(=S)Nc2ccc(F)cc2F)cc1. The molecule has 0 bridgehead atoms. The predicted octanol–water partition coefficient (Wildman–Crippen LogP) is 3.56. The predicted molar refractivity (Wildman–Crippen MR) is 84.0 cm³/mol. The van der Waals surface area contributed by atoms with E-state index in [1.165, 1.54) is 13.2 Å². The summed E-state index contributed by atoms with van der Waals surface area (Å²) in [5.41, 5.74) is 1.06. The van der Waals surface area contributed by atoms with Crippen molar-refractivity contribution in [2.75, 3.05) is 17.7 Å². The molecule has 0 radical (unpaired) electrons. The minimum atomic E-state index is -0.745. The molecule has 0 atom stereocenters. The lowest BCUT2D eigenvalue weighted by Gasteiger charge is -2.11. The van der Waals surface area contributed by atoms with Gasteiger partial charge in [-0.15, -0.1) is 0 Å². The topological polar surface area (TPSA) is 50.4 Å². The summed E-state index contributed by atoms with van der Waals surface area (Å²) in [6, 6.07) is 9.52. The molecule has 22 heavy (non-hydrogen) atoms. The summed E-state index contributed by atoms with van der Waals surface area (Å²) in [6.45, 7) is 0. The molecule has 0 amide bonds. The summed E-state index contributed by atoms with van der Waals surface area (Å²) in [5, 5.41) is 5.58. The van der Waals surface area contributed by atoms with Crippen LogP contribution in [-0.2, 0) is 4.74 Å². The Hall–Kier alpha value is -2.54. The van der Waals surface area contributed by atoms with Crippen molar-refractivity contribution >= 4 is 34.7 Å². The molecule has 7 heteroatoms. The molecule has 2 aromatic carbocycles. The molecule has 2 rings (SSSR count). The molecule has 0 saturated heterocycles. The van der Waals surface area contributed by atoms with E-state index in [0.717, 1.165) is 12.1 Å². The molecule has 0 aliphatic heterocycles. The molecule has 2 N–H and O–H groups in total. The highest BCUT2D eigenvalue weighted by Gasteiger charge is 2.07. The first-order valence-corrected chi connectivity index (χ1v) is 6.62. The molecule has 0 fully saturated rings. The number of esters is 1. The van der Waals surface area contributed by atoms with Crippen molar-refractivity contribution in [1.29, 1.82) is 0 Å². The second kappa shape index (κ2) is 6.95. The maximum Gasteiger partial charge on any atom is 0.337 e. The summed E-state index contributed by atoms with van der Waals surface area (Å²) in [4.78, 5) is 11.3. The summed E-state index contributed by atoms with van der Waals surface area (Å²) in [5.74, 6) is -1.86. The van der Waals surface area contributed by atoms with E-state index in [9.17, 15) is 13.6 Å². The van der Waals surface area contributed by atoms with Gasteiger partial charge in [-0.1, -0.05) is 0 Å². The summed E-state index contributed by atoms with van der Waals surface area (Å²) >= 11 is 5.04. The van der Waals surface area contributed by atoms with Gasteiger partial charge in [-0.2, -0.15) is 0 Å². The molecule has 0 aliphatic carbocycles. The number of hydrogen-bond acceptors (Lipinski definition) is 3. The van der Waals surface area contributed by atoms with E-state index in [1.54, 1.807) is 24.3 Å². The fourth-order valence-corrected chi connectivity index (χ4v) is 1.91. The summed E-state index contributed by atoms with van der Waals surface area (Å²) in [6.07, 6.45) is 0. The van der Waals surface area contributed by atoms with Gasteiger partial charge in [0.25, 0.3) is 0 Å². The fourth-order valence-electron chi connectivity index (χ4n) is 1.68. The number of carbonyl (C=O) groups is 1. The highest BCUT2D eigenvalue weighted by molar-refractivity contribution is 7.80. The normalized spacial score (nSPS) is 9.95. The molecule has 0 unspecified atom stereocenters. The van der Waals surface area contributed by atoms with Crippen LogP contribution in [0.15, 0.2) is 42.5 Å². The Morgan fingerprint density at radius 1 is 1.09 bits per heavy atom. The quantitative estimate of drug-likeness (QED) is 0.668. The molecule has 0 heterocycles. The smallest absolute Gasteiger partial charge is 0.337 e. The van der Waals surface area contributed by atoms with Crippen LogP contribution < -0.4 is 10.6 Å². The van der Waals surface area contributed by atoms with Crippen molar-refractivity contribution in [3.63, 3.8) is 0 Å². The number of benzene rings is 2. The number of thiocarbonyl (C=S) groups is 1. The van der Waals surface area contributed by atoms with E-state index in [-0.39, 0.29) is 10.8 Å². The lowest BCUT2D eigenvalue weighted by atomic mass is 10.2. The van der Waals surface area contributed by atoms with Gasteiger partial charge < -0.3 is 15.4 Å². The first-order chi connectivity index (χ1) is 10.5. The van der Waals surface area contributed by atoms with E-state index in [0.29, 0.717) is 11.3 Å². The van der Waals surface area contributed by atoms with Crippen molar-refractivity contribution in [1.82, 2.24) is 0 Å². The van der Waals surface area contributed by atoms with Gasteiger partial charge in [0.15, 0.2) is 5.11 Å². The van der Waals surface area contributed by atoms with Gasteiger partial charge in [-0.05, 0) is 48.6 Å². The standard InChI is InChI=1S/C15H12F2N2O2S/c1-21-14(20)9-2-5-11(6-3-9)18-15(22)19-13-7-4-10(16)8-12(13)17/h2-8H,1H3,(H2,18,19,22). The van der Waals surface area contributed by atoms with Crippen molar-refractivity contribution in [2.24, 2.45) is 0 Å². The Bertz CT molecular complexity index is 705. The van der Waals surface area contributed by atoms with Gasteiger partial charge in [-0.25, -0.2) is 13.6 Å². The molecule has 0 aromatic heterocycles. The summed E-state index contributed by atoms with van der Waals surface area (Å²) < 4.78 is 30.9. The number of anilines is 2. The van der Waals surface area contributed by atoms with E-state index < -0.39 is 17.6 Å². The number of halogens is 2. The average molecular weight is 322 g/mol. The van der Waals surface area contributed by atoms with Crippen molar-refractivity contribution in [3.8, 4) is 0 Å². The molecule has 2 aromatic rings. The number of rotatable bonds is 3. The van der Waals surface area contributed by atoms with Gasteiger partial charge in [0.1, 0.15) is 11.6 Å². The van der Waals surface area contributed by atoms with Gasteiger partial charge >= 0.3 is 5.97 Å². The number of nitrogens with one attached hydrogen (secondary N) is 2. The van der Waals surface area contributed by atoms with Gasteiger partial charge in [0, 0.05) is 11.8 Å². The first-order valence-electron chi connectivity index (χ1n) is 6.21. The van der Waals surface area contributed by atoms with Crippen LogP contribution in [0.25, 0.3) is 0 Å². The second-order valence-electron chi connectivity index (χ2n) is 4.27. The zero-order valence-corrected chi connectivity index (χ0v) is 12.3. The van der Waals surface area contributed by atoms with Gasteiger partial charge in [-0.3, -0.25) is 0 Å². The van der Waals surface area contributed by atoms with Crippen LogP contribution in [0.2, 0.25) is 0 Å². The van der Waals surface area contributed by atoms with Crippen LogP contribution in [0.3, 0.4) is 0 Å². The third-order valence-corrected chi connectivity index (χ3v) is 2.95. The number of methoxy groups -OCH3 is 1. The largest absolute Gasteiger partial charge is 0.465 e. The minimum Gasteiger partial charge on any atom is -0.465 e. The third-order valence-electron chi connectivity index (χ3n) is 2.74. The minimum absolute atomic E-state index is 0.0603. The molecule has 4 nitrogen and oxygen atoms in total. The zero-order chi connectivity index (χ0) is 16.1. The Morgan fingerprint density at radius 3 is 2.36 bits per heavy atom. The van der Waals surface area contributed by atoms with Crippen LogP contribution in [0, 0.1) is 11.6 Å². The Balaban J connectivity index is 2.01. The maximum absolute atomic E-state index is 13.5. The van der Waals surface area contributed by atoms with Crippen LogP contribution in [0.5, 0.6) is 0 Å². The van der Waals surface area contributed by atoms with Gasteiger partial charge in [0.05, 0.1) is 18.4 Å². The Kier molecular flexibility index (Phi) is 5.00. The zero-order valence-electron chi connectivity index (χ0n) is 11.5. The van der Waals surface area contributed by atoms with Crippen LogP contribution >= 0.6 is 12.2 Å². The third kappa shape index (κ3) is 3.98. The molecule has 0 saturated carbocycles. The van der Waals surface area contributed by atoms with E-state index >= 15 is 0 Å². The van der Waals surface area contributed by atoms with Crippen LogP contribution in [0.1, 0.15) is 10.4 Å².